The fourth-order valence-electron chi connectivity index (χ4n) is 5.24. The summed E-state index contributed by atoms with van der Waals surface area (Å²) < 4.78 is 17.2. The van der Waals surface area contributed by atoms with Crippen molar-refractivity contribution in [2.75, 3.05) is 24.9 Å². The number of pyridine rings is 2. The second-order valence-corrected chi connectivity index (χ2v) is 12.9. The van der Waals surface area contributed by atoms with Gasteiger partial charge in [-0.25, -0.2) is 4.98 Å². The minimum absolute atomic E-state index is 0.237. The highest BCUT2D eigenvalue weighted by molar-refractivity contribution is 7.95. The van der Waals surface area contributed by atoms with Crippen LogP contribution in [0.2, 0.25) is 0 Å². The molecule has 5 heterocycles. The van der Waals surface area contributed by atoms with E-state index >= 15 is 0 Å². The zero-order chi connectivity index (χ0) is 29.5. The molecule has 0 saturated heterocycles. The third-order valence-electron chi connectivity index (χ3n) is 7.35. The van der Waals surface area contributed by atoms with Crippen molar-refractivity contribution in [2.45, 2.75) is 13.7 Å². The molecule has 0 aliphatic heterocycles. The first-order valence-electron chi connectivity index (χ1n) is 13.4. The molecule has 0 aliphatic rings. The molecule has 0 spiro atoms. The first-order valence-corrected chi connectivity index (χ1v) is 15.6. The van der Waals surface area contributed by atoms with Gasteiger partial charge in [0.25, 0.3) is 5.56 Å². The van der Waals surface area contributed by atoms with E-state index in [0.717, 1.165) is 45.3 Å². The number of rotatable bonds is 9. The van der Waals surface area contributed by atoms with Gasteiger partial charge in [0.15, 0.2) is 5.76 Å². The second-order valence-electron chi connectivity index (χ2n) is 10.5. The number of aromatic nitrogens is 6. The molecule has 0 atom stereocenters. The molecule has 6 rings (SSSR count). The molecule has 0 radical (unpaired) electrons. The number of nitrogens with zero attached hydrogens (tertiary/aromatic N) is 6. The molecule has 214 valence electrons. The normalized spacial score (nSPS) is 11.8. The highest BCUT2D eigenvalue weighted by Gasteiger charge is 2.25. The minimum atomic E-state index is -0.237. The molecule has 10 nitrogen and oxygen atoms in total. The summed E-state index contributed by atoms with van der Waals surface area (Å²) in [5, 5.41) is 10.2. The van der Waals surface area contributed by atoms with Crippen molar-refractivity contribution in [1.82, 2.24) is 29.1 Å². The van der Waals surface area contributed by atoms with E-state index in [1.54, 1.807) is 40.7 Å². The number of hydrogen-bond donors (Lipinski definition) is 0. The lowest BCUT2D eigenvalue weighted by atomic mass is 9.93. The van der Waals surface area contributed by atoms with Crippen LogP contribution in [0.25, 0.3) is 55.6 Å². The topological polar surface area (TPSA) is 110 Å². The number of carbonyl (C=O) groups is 1. The van der Waals surface area contributed by atoms with Crippen LogP contribution >= 0.6 is 0 Å². The highest BCUT2D eigenvalue weighted by atomic mass is 32.2. The van der Waals surface area contributed by atoms with Crippen molar-refractivity contribution in [3.8, 4) is 33.7 Å². The van der Waals surface area contributed by atoms with Gasteiger partial charge >= 0.3 is 0 Å². The van der Waals surface area contributed by atoms with E-state index < -0.39 is 0 Å². The summed E-state index contributed by atoms with van der Waals surface area (Å²) in [5.74, 6) is 1.35. The van der Waals surface area contributed by atoms with Gasteiger partial charge in [-0.2, -0.15) is 5.10 Å². The van der Waals surface area contributed by atoms with E-state index in [2.05, 4.69) is 33.4 Å². The smallest absolute Gasteiger partial charge is 0.262 e. The molecule has 5 aromatic heterocycles. The Morgan fingerprint density at radius 1 is 1.05 bits per heavy atom. The fraction of sp³-hybridized carbons (Fsp3) is 0.258. The van der Waals surface area contributed by atoms with Gasteiger partial charge in [0.05, 0.1) is 54.0 Å². The summed E-state index contributed by atoms with van der Waals surface area (Å²) in [7, 11) is 3.89. The molecule has 0 unspecified atom stereocenters. The van der Waals surface area contributed by atoms with Gasteiger partial charge in [-0.1, -0.05) is 29.4 Å². The molecule has 0 saturated carbocycles. The molecular formula is C31H31N6O4S+. The highest BCUT2D eigenvalue weighted by Crippen LogP contribution is 2.41. The monoisotopic (exact) mass is 583 g/mol. The molecule has 0 aliphatic carbocycles. The third kappa shape index (κ3) is 4.84. The summed E-state index contributed by atoms with van der Waals surface area (Å²) in [6.07, 6.45) is 10.7. The third-order valence-corrected chi connectivity index (χ3v) is 8.33. The number of ether oxygens (including phenoxy) is 1. The first-order chi connectivity index (χ1) is 20.3. The summed E-state index contributed by atoms with van der Waals surface area (Å²) in [6.45, 7) is 2.76. The van der Waals surface area contributed by atoms with Crippen LogP contribution in [-0.4, -0.2) is 60.2 Å². The lowest BCUT2D eigenvalue weighted by Gasteiger charge is -2.16. The predicted molar refractivity (Wildman–Crippen MR) is 166 cm³/mol. The van der Waals surface area contributed by atoms with Gasteiger partial charge in [-0.05, 0) is 29.4 Å². The standard InChI is InChI=1S/C31H31N6O4S/c1-19-12-26(41-34-19)29-27(21-8-6-20(17-38)7-9-21)28-23-13-24(22-14-33-35(2)16-22)37(18-40-10-11-42(4)5)30(23)32-15-25(28)36(3)31(29)39/h6-9,12-17H,10-11,18H2,1-5H3/q+1. The van der Waals surface area contributed by atoms with Crippen molar-refractivity contribution in [3.63, 3.8) is 0 Å². The molecule has 6 aromatic rings. The van der Waals surface area contributed by atoms with Crippen LogP contribution in [0.5, 0.6) is 0 Å². The molecule has 0 amide bonds. The molecule has 0 bridgehead atoms. The van der Waals surface area contributed by atoms with Gasteiger partial charge in [-0.3, -0.25) is 14.3 Å². The van der Waals surface area contributed by atoms with E-state index in [9.17, 15) is 9.59 Å². The zero-order valence-electron chi connectivity index (χ0n) is 24.1. The summed E-state index contributed by atoms with van der Waals surface area (Å²) in [4.78, 5) is 30.2. The molecule has 11 heteroatoms. The lowest BCUT2D eigenvalue weighted by Crippen LogP contribution is -2.20. The Hall–Kier alpha value is -4.48. The van der Waals surface area contributed by atoms with Crippen LogP contribution in [0.4, 0.5) is 0 Å². The van der Waals surface area contributed by atoms with Crippen LogP contribution in [-0.2, 0) is 36.5 Å². The van der Waals surface area contributed by atoms with Gasteiger partial charge < -0.3 is 18.4 Å². The Kier molecular flexibility index (Phi) is 7.29. The molecule has 1 aromatic carbocycles. The maximum Gasteiger partial charge on any atom is 0.262 e. The number of carbonyl (C=O) groups excluding carboxylic acids is 1. The Labute approximate surface area is 244 Å². The first kappa shape index (κ1) is 27.7. The molecular weight excluding hydrogens is 552 g/mol. The van der Waals surface area contributed by atoms with Crippen molar-refractivity contribution < 1.29 is 14.1 Å². The van der Waals surface area contributed by atoms with Crippen molar-refractivity contribution in [3.05, 3.63) is 76.6 Å². The zero-order valence-corrected chi connectivity index (χ0v) is 24.9. The lowest BCUT2D eigenvalue weighted by molar-refractivity contribution is 0.0935. The van der Waals surface area contributed by atoms with Gasteiger partial charge in [0.1, 0.15) is 24.4 Å². The van der Waals surface area contributed by atoms with Crippen LogP contribution < -0.4 is 5.56 Å². The average molecular weight is 584 g/mol. The van der Waals surface area contributed by atoms with Crippen molar-refractivity contribution >= 4 is 39.1 Å². The van der Waals surface area contributed by atoms with Gasteiger partial charge in [0, 0.05) is 53.8 Å². The van der Waals surface area contributed by atoms with Crippen LogP contribution in [0.3, 0.4) is 0 Å². The van der Waals surface area contributed by atoms with E-state index in [1.807, 2.05) is 38.5 Å². The minimum Gasteiger partial charge on any atom is -0.356 e. The number of benzene rings is 1. The van der Waals surface area contributed by atoms with Crippen molar-refractivity contribution in [1.29, 1.82) is 0 Å². The Morgan fingerprint density at radius 3 is 2.48 bits per heavy atom. The van der Waals surface area contributed by atoms with Crippen LogP contribution in [0.1, 0.15) is 16.1 Å². The fourth-order valence-corrected chi connectivity index (χ4v) is 5.70. The van der Waals surface area contributed by atoms with Crippen LogP contribution in [0.15, 0.2) is 64.3 Å². The average Bonchev–Trinajstić information content (AvgIpc) is 3.70. The summed E-state index contributed by atoms with van der Waals surface area (Å²) in [5.41, 5.74) is 6.02. The largest absolute Gasteiger partial charge is 0.356 e. The predicted octanol–water partition coefficient (Wildman–Crippen LogP) is 4.58. The Bertz CT molecular complexity index is 2000. The van der Waals surface area contributed by atoms with E-state index in [4.69, 9.17) is 14.2 Å². The Balaban J connectivity index is 1.71. The number of aryl methyl sites for hydroxylation is 3. The maximum absolute atomic E-state index is 13.9. The van der Waals surface area contributed by atoms with Crippen LogP contribution in [0, 0.1) is 6.92 Å². The molecule has 0 fully saturated rings. The maximum atomic E-state index is 13.9. The SMILES string of the molecule is Cc1cc(-c2c(-c3ccc(C=O)cc3)c3c4cc(-c5cnn(C)c5)n(COCC[S+](C)C)c4ncc3n(C)c2=O)on1. The number of hydrogen-bond acceptors (Lipinski definition) is 7. The number of fused-ring (bicyclic) bond motifs is 3. The number of aldehydes is 1. The van der Waals surface area contributed by atoms with E-state index in [1.165, 1.54) is 0 Å². The second kappa shape index (κ2) is 11.1. The Morgan fingerprint density at radius 2 is 1.83 bits per heavy atom. The summed E-state index contributed by atoms with van der Waals surface area (Å²) in [6, 6.07) is 11.0. The van der Waals surface area contributed by atoms with E-state index in [-0.39, 0.29) is 16.5 Å². The molecule has 42 heavy (non-hydrogen) atoms. The van der Waals surface area contributed by atoms with E-state index in [0.29, 0.717) is 47.0 Å². The quantitative estimate of drug-likeness (QED) is 0.139. The van der Waals surface area contributed by atoms with Gasteiger partial charge in [0.2, 0.25) is 0 Å². The van der Waals surface area contributed by atoms with Gasteiger partial charge in [-0.15, -0.1) is 0 Å². The summed E-state index contributed by atoms with van der Waals surface area (Å²) >= 11 is 0. The molecule has 0 N–H and O–H groups in total. The van der Waals surface area contributed by atoms with Crippen molar-refractivity contribution in [2.24, 2.45) is 14.1 Å².